The summed E-state index contributed by atoms with van der Waals surface area (Å²) >= 11 is 0. The smallest absolute Gasteiger partial charge is 0.325 e. The van der Waals surface area contributed by atoms with E-state index < -0.39 is 41.0 Å². The fraction of sp³-hybridized carbons (Fsp3) is 0.250. The van der Waals surface area contributed by atoms with Gasteiger partial charge in [0.05, 0.1) is 5.69 Å². The monoisotopic (exact) mass is 304 g/mol. The summed E-state index contributed by atoms with van der Waals surface area (Å²) in [6.07, 6.45) is -0.444. The predicted octanol–water partition coefficient (Wildman–Crippen LogP) is 2.01. The number of amides is 3. The molecule has 1 aromatic rings. The van der Waals surface area contributed by atoms with Crippen molar-refractivity contribution in [2.45, 2.75) is 19.3 Å². The van der Waals surface area contributed by atoms with Gasteiger partial charge in [0.1, 0.15) is 5.82 Å². The normalized spacial score (nSPS) is 10.0. The highest BCUT2D eigenvalue weighted by Gasteiger charge is 2.14. The van der Waals surface area contributed by atoms with Gasteiger partial charge in [0.2, 0.25) is 5.91 Å². The molecular weight excluding hydrogens is 293 g/mol. The quantitative estimate of drug-likeness (QED) is 0.725. The second-order valence-corrected chi connectivity index (χ2v) is 4.00. The lowest BCUT2D eigenvalue weighted by Crippen LogP contribution is -2.34. The predicted molar refractivity (Wildman–Crippen MR) is 65.0 cm³/mol. The number of carboxylic acid groups (broad SMARTS) is 1. The van der Waals surface area contributed by atoms with Crippen LogP contribution in [0.4, 0.5) is 23.7 Å². The molecule has 0 saturated heterocycles. The fourth-order valence-electron chi connectivity index (χ4n) is 1.36. The molecule has 0 aliphatic heterocycles. The van der Waals surface area contributed by atoms with Crippen molar-refractivity contribution in [3.63, 3.8) is 0 Å². The summed E-state index contributed by atoms with van der Waals surface area (Å²) < 4.78 is 38.8. The maximum atomic E-state index is 13.2. The number of carboxylic acids is 1. The highest BCUT2D eigenvalue weighted by atomic mass is 19.2. The van der Waals surface area contributed by atoms with Crippen molar-refractivity contribution in [2.75, 3.05) is 5.32 Å². The number of benzene rings is 1. The average molecular weight is 304 g/mol. The number of imide groups is 1. The first-order valence-electron chi connectivity index (χ1n) is 5.76. The minimum absolute atomic E-state index is 0.0218. The molecule has 0 aliphatic rings. The van der Waals surface area contributed by atoms with Crippen molar-refractivity contribution in [1.82, 2.24) is 5.32 Å². The average Bonchev–Trinajstić information content (AvgIpc) is 2.35. The molecule has 21 heavy (non-hydrogen) atoms. The first kappa shape index (κ1) is 16.5. The van der Waals surface area contributed by atoms with Crippen LogP contribution in [0, 0.1) is 17.5 Å². The number of carbonyl (C=O) groups excluding carboxylic acids is 2. The number of nitrogens with one attached hydrogen (secondary N) is 2. The molecule has 9 heteroatoms. The van der Waals surface area contributed by atoms with E-state index in [0.717, 1.165) is 0 Å². The second-order valence-electron chi connectivity index (χ2n) is 4.00. The minimum atomic E-state index is -1.41. The van der Waals surface area contributed by atoms with E-state index in [9.17, 15) is 27.6 Å². The van der Waals surface area contributed by atoms with Crippen LogP contribution in [-0.4, -0.2) is 23.0 Å². The van der Waals surface area contributed by atoms with Gasteiger partial charge in [0.25, 0.3) is 0 Å². The zero-order chi connectivity index (χ0) is 16.0. The van der Waals surface area contributed by atoms with E-state index in [0.29, 0.717) is 6.07 Å². The third-order valence-corrected chi connectivity index (χ3v) is 2.31. The molecule has 0 bridgehead atoms. The van der Waals surface area contributed by atoms with Crippen LogP contribution in [0.25, 0.3) is 0 Å². The Labute approximate surface area is 116 Å². The maximum absolute atomic E-state index is 13.2. The Bertz CT molecular complexity index is 578. The van der Waals surface area contributed by atoms with Gasteiger partial charge in [0, 0.05) is 25.0 Å². The summed E-state index contributed by atoms with van der Waals surface area (Å²) in [5.41, 5.74) is -0.635. The number of hydrogen-bond acceptors (Lipinski definition) is 3. The van der Waals surface area contributed by atoms with Gasteiger partial charge in [-0.2, -0.15) is 0 Å². The highest BCUT2D eigenvalue weighted by molar-refractivity contribution is 6.01. The van der Waals surface area contributed by atoms with E-state index in [4.69, 9.17) is 5.11 Å². The van der Waals surface area contributed by atoms with Gasteiger partial charge in [0.15, 0.2) is 11.6 Å². The molecule has 0 aliphatic carbocycles. The third kappa shape index (κ3) is 5.51. The van der Waals surface area contributed by atoms with Crippen molar-refractivity contribution in [1.29, 1.82) is 0 Å². The molecule has 0 radical (unpaired) electrons. The summed E-state index contributed by atoms with van der Waals surface area (Å²) in [4.78, 5) is 32.8. The molecule has 1 aromatic carbocycles. The zero-order valence-electron chi connectivity index (χ0n) is 10.6. The number of hydrogen-bond donors (Lipinski definition) is 3. The molecular formula is C12H11F3N2O4. The Morgan fingerprint density at radius 2 is 1.62 bits per heavy atom. The number of carbonyl (C=O) groups is 3. The SMILES string of the molecule is O=C(O)CCCC(=O)NC(=O)Nc1cc(F)c(F)cc1F. The van der Waals surface area contributed by atoms with Gasteiger partial charge in [-0.3, -0.25) is 14.9 Å². The lowest BCUT2D eigenvalue weighted by molar-refractivity contribution is -0.137. The lowest BCUT2D eigenvalue weighted by Gasteiger charge is -2.08. The van der Waals surface area contributed by atoms with Crippen LogP contribution < -0.4 is 10.6 Å². The summed E-state index contributed by atoms with van der Waals surface area (Å²) in [5, 5.41) is 12.0. The highest BCUT2D eigenvalue weighted by Crippen LogP contribution is 2.18. The molecule has 0 spiro atoms. The van der Waals surface area contributed by atoms with Gasteiger partial charge in [-0.25, -0.2) is 18.0 Å². The fourth-order valence-corrected chi connectivity index (χ4v) is 1.36. The molecule has 6 nitrogen and oxygen atoms in total. The molecule has 0 aromatic heterocycles. The van der Waals surface area contributed by atoms with Crippen LogP contribution in [0.2, 0.25) is 0 Å². The third-order valence-electron chi connectivity index (χ3n) is 2.31. The topological polar surface area (TPSA) is 95.5 Å². The number of aliphatic carboxylic acids is 1. The minimum Gasteiger partial charge on any atom is -0.481 e. The summed E-state index contributed by atoms with van der Waals surface area (Å²) in [7, 11) is 0. The molecule has 0 heterocycles. The Balaban J connectivity index is 2.52. The van der Waals surface area contributed by atoms with E-state index in [-0.39, 0.29) is 25.3 Å². The van der Waals surface area contributed by atoms with E-state index in [1.165, 1.54) is 0 Å². The van der Waals surface area contributed by atoms with Gasteiger partial charge in [-0.05, 0) is 6.42 Å². The molecule has 0 atom stereocenters. The van der Waals surface area contributed by atoms with E-state index in [1.54, 1.807) is 5.32 Å². The number of anilines is 1. The van der Waals surface area contributed by atoms with Crippen molar-refractivity contribution >= 4 is 23.6 Å². The first-order chi connectivity index (χ1) is 9.79. The van der Waals surface area contributed by atoms with Gasteiger partial charge in [-0.1, -0.05) is 0 Å². The van der Waals surface area contributed by atoms with Crippen molar-refractivity contribution < 1.29 is 32.7 Å². The summed E-state index contributed by atoms with van der Waals surface area (Å²) in [5.74, 6) is -5.85. The van der Waals surface area contributed by atoms with Crippen molar-refractivity contribution in [2.24, 2.45) is 0 Å². The molecule has 0 unspecified atom stereocenters. The molecule has 0 fully saturated rings. The molecule has 114 valence electrons. The number of urea groups is 1. The van der Waals surface area contributed by atoms with E-state index >= 15 is 0 Å². The zero-order valence-corrected chi connectivity index (χ0v) is 10.6. The van der Waals surface area contributed by atoms with Gasteiger partial charge >= 0.3 is 12.0 Å². The maximum Gasteiger partial charge on any atom is 0.325 e. The van der Waals surface area contributed by atoms with E-state index in [1.807, 2.05) is 5.32 Å². The Hall–Kier alpha value is -2.58. The first-order valence-corrected chi connectivity index (χ1v) is 5.76. The Morgan fingerprint density at radius 3 is 2.24 bits per heavy atom. The van der Waals surface area contributed by atoms with Crippen LogP contribution in [-0.2, 0) is 9.59 Å². The van der Waals surface area contributed by atoms with E-state index in [2.05, 4.69) is 0 Å². The second kappa shape index (κ2) is 7.27. The molecule has 3 amide bonds. The Morgan fingerprint density at radius 1 is 1.00 bits per heavy atom. The summed E-state index contributed by atoms with van der Waals surface area (Å²) in [6.45, 7) is 0. The number of halogens is 3. The van der Waals surface area contributed by atoms with Crippen LogP contribution in [0.5, 0.6) is 0 Å². The molecule has 3 N–H and O–H groups in total. The number of rotatable bonds is 5. The summed E-state index contributed by atoms with van der Waals surface area (Å²) in [6, 6.07) is -0.459. The van der Waals surface area contributed by atoms with Crippen LogP contribution in [0.3, 0.4) is 0 Å². The van der Waals surface area contributed by atoms with Crippen molar-refractivity contribution in [3.05, 3.63) is 29.6 Å². The van der Waals surface area contributed by atoms with Crippen molar-refractivity contribution in [3.8, 4) is 0 Å². The molecule has 0 saturated carbocycles. The van der Waals surface area contributed by atoms with Crippen LogP contribution in [0.15, 0.2) is 12.1 Å². The van der Waals surface area contributed by atoms with Gasteiger partial charge < -0.3 is 10.4 Å². The van der Waals surface area contributed by atoms with Crippen LogP contribution in [0.1, 0.15) is 19.3 Å². The largest absolute Gasteiger partial charge is 0.481 e. The van der Waals surface area contributed by atoms with Crippen LogP contribution >= 0.6 is 0 Å². The Kier molecular flexibility index (Phi) is 5.70. The standard InChI is InChI=1S/C12H11F3N2O4/c13-6-4-8(15)9(5-7(6)14)16-12(21)17-10(18)2-1-3-11(19)20/h4-5H,1-3H2,(H,19,20)(H2,16,17,18,21). The molecule has 1 rings (SSSR count). The lowest BCUT2D eigenvalue weighted by atomic mass is 10.2. The van der Waals surface area contributed by atoms with Gasteiger partial charge in [-0.15, -0.1) is 0 Å².